The van der Waals surface area contributed by atoms with Gasteiger partial charge in [-0.25, -0.2) is 0 Å². The Bertz CT molecular complexity index is 540. The third kappa shape index (κ3) is 4.56. The first-order valence-corrected chi connectivity index (χ1v) is 5.93. The molecule has 0 spiro atoms. The predicted molar refractivity (Wildman–Crippen MR) is 73.0 cm³/mol. The molecule has 0 heterocycles. The maximum atomic E-state index is 12.0. The number of ether oxygens (including phenoxy) is 1. The predicted octanol–water partition coefficient (Wildman–Crippen LogP) is 0.772. The highest BCUT2D eigenvalue weighted by molar-refractivity contribution is 5.97. The van der Waals surface area contributed by atoms with Gasteiger partial charge in [0.25, 0.3) is 5.91 Å². The maximum Gasteiger partial charge on any atom is 0.308 e. The number of carbonyl (C=O) groups is 3. The summed E-state index contributed by atoms with van der Waals surface area (Å²) >= 11 is 0. The average Bonchev–Trinajstić information content (AvgIpc) is 2.37. The summed E-state index contributed by atoms with van der Waals surface area (Å²) in [5.41, 5.74) is 5.44. The van der Waals surface area contributed by atoms with E-state index in [0.717, 1.165) is 0 Å². The molecule has 0 aliphatic rings. The van der Waals surface area contributed by atoms with Crippen molar-refractivity contribution < 1.29 is 19.1 Å². The van der Waals surface area contributed by atoms with Crippen molar-refractivity contribution in [2.75, 3.05) is 0 Å². The fourth-order valence-electron chi connectivity index (χ4n) is 1.52. The third-order valence-electron chi connectivity index (χ3n) is 2.41. The van der Waals surface area contributed by atoms with Crippen LogP contribution in [0.2, 0.25) is 0 Å². The fraction of sp³-hybridized carbons (Fsp3) is 0.214. The van der Waals surface area contributed by atoms with Gasteiger partial charge in [-0.3, -0.25) is 14.4 Å². The monoisotopic (exact) mass is 276 g/mol. The SMILES string of the molecule is C=CC[C@H](NC(=O)c1cccc(OC(C)=O)c1)C(N)=O. The molecule has 0 radical (unpaired) electrons. The van der Waals surface area contributed by atoms with Crippen LogP contribution in [0.3, 0.4) is 0 Å². The Morgan fingerprint density at radius 2 is 2.15 bits per heavy atom. The normalized spacial score (nSPS) is 11.2. The Morgan fingerprint density at radius 3 is 2.70 bits per heavy atom. The second-order valence-corrected chi connectivity index (χ2v) is 4.07. The van der Waals surface area contributed by atoms with E-state index in [1.807, 2.05) is 0 Å². The van der Waals surface area contributed by atoms with E-state index in [2.05, 4.69) is 11.9 Å². The lowest BCUT2D eigenvalue weighted by molar-refractivity contribution is -0.131. The van der Waals surface area contributed by atoms with Crippen LogP contribution in [-0.4, -0.2) is 23.8 Å². The van der Waals surface area contributed by atoms with E-state index in [1.54, 1.807) is 12.1 Å². The molecule has 0 aliphatic heterocycles. The van der Waals surface area contributed by atoms with Gasteiger partial charge in [0.05, 0.1) is 0 Å². The van der Waals surface area contributed by atoms with Gasteiger partial charge in [-0.1, -0.05) is 12.1 Å². The van der Waals surface area contributed by atoms with Gasteiger partial charge < -0.3 is 15.8 Å². The van der Waals surface area contributed by atoms with Crippen molar-refractivity contribution in [1.29, 1.82) is 0 Å². The van der Waals surface area contributed by atoms with Gasteiger partial charge in [0.2, 0.25) is 5.91 Å². The number of carbonyl (C=O) groups excluding carboxylic acids is 3. The molecule has 1 aromatic carbocycles. The number of hydrogen-bond donors (Lipinski definition) is 2. The second kappa shape index (κ2) is 7.08. The summed E-state index contributed by atoms with van der Waals surface area (Å²) in [4.78, 5) is 34.0. The summed E-state index contributed by atoms with van der Waals surface area (Å²) in [5, 5.41) is 2.49. The third-order valence-corrected chi connectivity index (χ3v) is 2.41. The molecule has 0 aromatic heterocycles. The Labute approximate surface area is 116 Å². The summed E-state index contributed by atoms with van der Waals surface area (Å²) in [6, 6.07) is 5.24. The lowest BCUT2D eigenvalue weighted by atomic mass is 10.1. The fourth-order valence-corrected chi connectivity index (χ4v) is 1.52. The highest BCUT2D eigenvalue weighted by Crippen LogP contribution is 2.13. The molecule has 3 N–H and O–H groups in total. The molecule has 20 heavy (non-hydrogen) atoms. The largest absolute Gasteiger partial charge is 0.427 e. The van der Waals surface area contributed by atoms with Crippen molar-refractivity contribution in [3.8, 4) is 5.75 Å². The summed E-state index contributed by atoms with van der Waals surface area (Å²) in [7, 11) is 0. The van der Waals surface area contributed by atoms with Gasteiger partial charge in [-0.2, -0.15) is 0 Å². The van der Waals surface area contributed by atoms with Crippen LogP contribution in [0.4, 0.5) is 0 Å². The molecule has 0 bridgehead atoms. The quantitative estimate of drug-likeness (QED) is 0.455. The van der Waals surface area contributed by atoms with E-state index in [4.69, 9.17) is 10.5 Å². The van der Waals surface area contributed by atoms with Crippen molar-refractivity contribution in [2.24, 2.45) is 5.73 Å². The zero-order valence-corrected chi connectivity index (χ0v) is 11.1. The zero-order valence-electron chi connectivity index (χ0n) is 11.1. The maximum absolute atomic E-state index is 12.0. The molecule has 1 aromatic rings. The number of primary amides is 1. The van der Waals surface area contributed by atoms with Gasteiger partial charge in [0, 0.05) is 12.5 Å². The van der Waals surface area contributed by atoms with Crippen LogP contribution in [0.5, 0.6) is 5.75 Å². The lowest BCUT2D eigenvalue weighted by Crippen LogP contribution is -2.44. The van der Waals surface area contributed by atoms with Crippen molar-refractivity contribution >= 4 is 17.8 Å². The molecule has 1 rings (SSSR count). The highest BCUT2D eigenvalue weighted by Gasteiger charge is 2.17. The molecule has 0 aliphatic carbocycles. The molecule has 6 heteroatoms. The molecule has 2 amide bonds. The number of hydrogen-bond acceptors (Lipinski definition) is 4. The Hall–Kier alpha value is -2.63. The first-order valence-electron chi connectivity index (χ1n) is 5.93. The van der Waals surface area contributed by atoms with E-state index in [0.29, 0.717) is 0 Å². The highest BCUT2D eigenvalue weighted by atomic mass is 16.5. The van der Waals surface area contributed by atoms with Gasteiger partial charge >= 0.3 is 5.97 Å². The van der Waals surface area contributed by atoms with Crippen LogP contribution in [0.15, 0.2) is 36.9 Å². The molecule has 106 valence electrons. The molecular weight excluding hydrogens is 260 g/mol. The topological polar surface area (TPSA) is 98.5 Å². The van der Waals surface area contributed by atoms with Crippen LogP contribution < -0.4 is 15.8 Å². The molecular formula is C14H16N2O4. The number of nitrogens with two attached hydrogens (primary N) is 1. The zero-order chi connectivity index (χ0) is 15.1. The molecule has 0 unspecified atom stereocenters. The smallest absolute Gasteiger partial charge is 0.308 e. The lowest BCUT2D eigenvalue weighted by Gasteiger charge is -2.13. The van der Waals surface area contributed by atoms with E-state index < -0.39 is 23.8 Å². The summed E-state index contributed by atoms with van der Waals surface area (Å²) in [6.45, 7) is 4.76. The van der Waals surface area contributed by atoms with Gasteiger partial charge in [0.15, 0.2) is 0 Å². The van der Waals surface area contributed by atoms with Crippen LogP contribution in [0.25, 0.3) is 0 Å². The summed E-state index contributed by atoms with van der Waals surface area (Å²) in [6.07, 6.45) is 1.73. The Balaban J connectivity index is 2.83. The number of esters is 1. The minimum Gasteiger partial charge on any atom is -0.427 e. The van der Waals surface area contributed by atoms with Gasteiger partial charge in [0.1, 0.15) is 11.8 Å². The Kier molecular flexibility index (Phi) is 5.46. The van der Waals surface area contributed by atoms with Crippen molar-refractivity contribution in [3.63, 3.8) is 0 Å². The van der Waals surface area contributed by atoms with E-state index >= 15 is 0 Å². The van der Waals surface area contributed by atoms with Crippen LogP contribution in [-0.2, 0) is 9.59 Å². The summed E-state index contributed by atoms with van der Waals surface area (Å²) < 4.78 is 4.88. The first kappa shape index (κ1) is 15.4. The number of nitrogens with one attached hydrogen (secondary N) is 1. The van der Waals surface area contributed by atoms with Crippen molar-refractivity contribution in [2.45, 2.75) is 19.4 Å². The van der Waals surface area contributed by atoms with E-state index in [1.165, 1.54) is 25.1 Å². The van der Waals surface area contributed by atoms with Crippen molar-refractivity contribution in [1.82, 2.24) is 5.32 Å². The van der Waals surface area contributed by atoms with E-state index in [-0.39, 0.29) is 17.7 Å². The average molecular weight is 276 g/mol. The van der Waals surface area contributed by atoms with Crippen LogP contribution in [0.1, 0.15) is 23.7 Å². The van der Waals surface area contributed by atoms with Crippen LogP contribution >= 0.6 is 0 Å². The minimum atomic E-state index is -0.822. The van der Waals surface area contributed by atoms with E-state index in [9.17, 15) is 14.4 Å². The number of rotatable bonds is 6. The van der Waals surface area contributed by atoms with Crippen molar-refractivity contribution in [3.05, 3.63) is 42.5 Å². The molecule has 6 nitrogen and oxygen atoms in total. The second-order valence-electron chi connectivity index (χ2n) is 4.07. The molecule has 1 atom stereocenters. The minimum absolute atomic E-state index is 0.241. The number of benzene rings is 1. The first-order chi connectivity index (χ1) is 9.43. The number of amides is 2. The molecule has 0 fully saturated rings. The summed E-state index contributed by atoms with van der Waals surface area (Å²) in [5.74, 6) is -1.35. The molecule has 0 saturated carbocycles. The van der Waals surface area contributed by atoms with Gasteiger partial charge in [-0.15, -0.1) is 6.58 Å². The van der Waals surface area contributed by atoms with Crippen LogP contribution in [0, 0.1) is 0 Å². The standard InChI is InChI=1S/C14H16N2O4/c1-3-5-12(13(15)18)16-14(19)10-6-4-7-11(8-10)20-9(2)17/h3-4,6-8,12H,1,5H2,2H3,(H2,15,18)(H,16,19)/t12-/m0/s1. The molecule has 0 saturated heterocycles. The van der Waals surface area contributed by atoms with Gasteiger partial charge in [-0.05, 0) is 24.6 Å². The Morgan fingerprint density at radius 1 is 1.45 bits per heavy atom.